The van der Waals surface area contributed by atoms with Crippen LogP contribution in [0.2, 0.25) is 0 Å². The lowest BCUT2D eigenvalue weighted by Gasteiger charge is -2.08. The molecule has 0 saturated carbocycles. The molecule has 20 heavy (non-hydrogen) atoms. The molecule has 0 bridgehead atoms. The third-order valence-corrected chi connectivity index (χ3v) is 3.13. The van der Waals surface area contributed by atoms with E-state index in [1.165, 1.54) is 6.07 Å². The van der Waals surface area contributed by atoms with E-state index in [0.717, 1.165) is 18.2 Å². The van der Waals surface area contributed by atoms with Gasteiger partial charge in [0.25, 0.3) is 5.69 Å². The van der Waals surface area contributed by atoms with Crippen LogP contribution < -0.4 is 5.32 Å². The largest absolute Gasteiger partial charge is 0.378 e. The van der Waals surface area contributed by atoms with Gasteiger partial charge in [0, 0.05) is 28.7 Å². The Balaban J connectivity index is 2.20. The molecule has 2 rings (SSSR count). The minimum absolute atomic E-state index is 0.0172. The highest BCUT2D eigenvalue weighted by molar-refractivity contribution is 9.10. The number of nitro groups is 1. The lowest BCUT2D eigenvalue weighted by atomic mass is 10.2. The van der Waals surface area contributed by atoms with Gasteiger partial charge in [-0.05, 0) is 24.3 Å². The monoisotopic (exact) mass is 342 g/mol. The molecule has 0 amide bonds. The maximum atomic E-state index is 13.5. The molecular weight excluding hydrogens is 334 g/mol. The van der Waals surface area contributed by atoms with Gasteiger partial charge in [-0.1, -0.05) is 15.9 Å². The summed E-state index contributed by atoms with van der Waals surface area (Å²) in [5.74, 6) is -1.07. The Morgan fingerprint density at radius 3 is 2.55 bits per heavy atom. The van der Waals surface area contributed by atoms with Crippen LogP contribution in [0.25, 0.3) is 0 Å². The van der Waals surface area contributed by atoms with Crippen molar-refractivity contribution in [3.63, 3.8) is 0 Å². The summed E-state index contributed by atoms with van der Waals surface area (Å²) in [7, 11) is 0. The molecule has 104 valence electrons. The molecule has 0 aliphatic carbocycles. The van der Waals surface area contributed by atoms with Crippen molar-refractivity contribution in [3.05, 3.63) is 68.2 Å². The Bertz CT molecular complexity index is 665. The minimum Gasteiger partial charge on any atom is -0.378 e. The molecule has 0 fully saturated rings. The Labute approximate surface area is 121 Å². The predicted octanol–water partition coefficient (Wildman–Crippen LogP) is 4.25. The van der Waals surface area contributed by atoms with Crippen molar-refractivity contribution in [2.75, 3.05) is 5.32 Å². The number of halogens is 3. The summed E-state index contributed by atoms with van der Waals surface area (Å²) in [5, 5.41) is 13.3. The predicted molar refractivity (Wildman–Crippen MR) is 74.5 cm³/mol. The second-order valence-electron chi connectivity index (χ2n) is 4.01. The third-order valence-electron chi connectivity index (χ3n) is 2.64. The van der Waals surface area contributed by atoms with Crippen LogP contribution in [0, 0.1) is 21.7 Å². The summed E-state index contributed by atoms with van der Waals surface area (Å²) in [4.78, 5) is 10.0. The van der Waals surface area contributed by atoms with E-state index in [4.69, 9.17) is 0 Å². The number of hydrogen-bond acceptors (Lipinski definition) is 3. The van der Waals surface area contributed by atoms with Crippen molar-refractivity contribution < 1.29 is 13.7 Å². The molecule has 1 N–H and O–H groups in total. The number of rotatable bonds is 4. The minimum atomic E-state index is -0.633. The number of nitro benzene ring substituents is 1. The lowest BCUT2D eigenvalue weighted by molar-refractivity contribution is -0.384. The zero-order valence-electron chi connectivity index (χ0n) is 10.1. The zero-order chi connectivity index (χ0) is 14.7. The molecule has 0 aliphatic rings. The first kappa shape index (κ1) is 14.4. The Morgan fingerprint density at radius 2 is 1.85 bits per heavy atom. The number of hydrogen-bond donors (Lipinski definition) is 1. The third kappa shape index (κ3) is 3.30. The van der Waals surface area contributed by atoms with Crippen LogP contribution in [-0.4, -0.2) is 4.92 Å². The molecule has 7 heteroatoms. The average molecular weight is 343 g/mol. The maximum absolute atomic E-state index is 13.5. The summed E-state index contributed by atoms with van der Waals surface area (Å²) in [5.41, 5.74) is 0.0486. The van der Waals surface area contributed by atoms with Gasteiger partial charge < -0.3 is 5.32 Å². The number of anilines is 1. The van der Waals surface area contributed by atoms with Gasteiger partial charge in [0.2, 0.25) is 0 Å². The van der Waals surface area contributed by atoms with Gasteiger partial charge in [0.05, 0.1) is 10.6 Å². The highest BCUT2D eigenvalue weighted by Crippen LogP contribution is 2.23. The summed E-state index contributed by atoms with van der Waals surface area (Å²) >= 11 is 3.21. The van der Waals surface area contributed by atoms with E-state index in [1.54, 1.807) is 12.1 Å². The Hall–Kier alpha value is -2.02. The smallest absolute Gasteiger partial charge is 0.271 e. The molecular formula is C13H9BrF2N2O2. The first-order chi connectivity index (χ1) is 9.47. The van der Waals surface area contributed by atoms with Gasteiger partial charge in [-0.2, -0.15) is 0 Å². The average Bonchev–Trinajstić information content (AvgIpc) is 2.41. The van der Waals surface area contributed by atoms with Crippen LogP contribution in [0.5, 0.6) is 0 Å². The summed E-state index contributed by atoms with van der Waals surface area (Å²) < 4.78 is 27.7. The molecule has 0 radical (unpaired) electrons. The lowest BCUT2D eigenvalue weighted by Crippen LogP contribution is -2.04. The normalized spacial score (nSPS) is 10.3. The van der Waals surface area contributed by atoms with Gasteiger partial charge in [-0.15, -0.1) is 0 Å². The molecule has 2 aromatic carbocycles. The molecule has 0 atom stereocenters. The van der Waals surface area contributed by atoms with Crippen LogP contribution in [-0.2, 0) is 6.54 Å². The van der Waals surface area contributed by atoms with E-state index in [1.807, 2.05) is 0 Å². The van der Waals surface area contributed by atoms with Crippen LogP contribution in [0.15, 0.2) is 40.9 Å². The van der Waals surface area contributed by atoms with Gasteiger partial charge in [0.15, 0.2) is 0 Å². The fraction of sp³-hybridized carbons (Fsp3) is 0.0769. The van der Waals surface area contributed by atoms with Gasteiger partial charge in [0.1, 0.15) is 11.6 Å². The maximum Gasteiger partial charge on any atom is 0.271 e. The van der Waals surface area contributed by atoms with Gasteiger partial charge >= 0.3 is 0 Å². The Kier molecular flexibility index (Phi) is 4.29. The number of non-ortho nitro benzene ring substituents is 1. The molecule has 0 unspecified atom stereocenters. The van der Waals surface area contributed by atoms with E-state index in [0.29, 0.717) is 10.0 Å². The molecule has 0 aliphatic heterocycles. The van der Waals surface area contributed by atoms with E-state index in [2.05, 4.69) is 21.2 Å². The molecule has 0 aromatic heterocycles. The van der Waals surface area contributed by atoms with Crippen molar-refractivity contribution in [2.24, 2.45) is 0 Å². The van der Waals surface area contributed by atoms with Crippen molar-refractivity contribution in [2.45, 2.75) is 6.54 Å². The zero-order valence-corrected chi connectivity index (χ0v) is 11.7. The van der Waals surface area contributed by atoms with E-state index in [9.17, 15) is 18.9 Å². The van der Waals surface area contributed by atoms with Crippen LogP contribution in [0.1, 0.15) is 5.56 Å². The SMILES string of the molecule is O=[N+]([O-])c1ccc(F)c(NCc2cc(Br)ccc2F)c1. The van der Waals surface area contributed by atoms with Gasteiger partial charge in [-0.25, -0.2) is 8.78 Å². The van der Waals surface area contributed by atoms with Crippen LogP contribution in [0.4, 0.5) is 20.2 Å². The standard InChI is InChI=1S/C13H9BrF2N2O2/c14-9-1-3-11(15)8(5-9)7-17-13-6-10(18(19)20)2-4-12(13)16/h1-6,17H,7H2. The fourth-order valence-electron chi connectivity index (χ4n) is 1.63. The fourth-order valence-corrected chi connectivity index (χ4v) is 2.04. The first-order valence-electron chi connectivity index (χ1n) is 5.59. The van der Waals surface area contributed by atoms with E-state index >= 15 is 0 Å². The number of nitrogens with one attached hydrogen (secondary N) is 1. The number of nitrogens with zero attached hydrogens (tertiary/aromatic N) is 1. The second-order valence-corrected chi connectivity index (χ2v) is 4.93. The van der Waals surface area contributed by atoms with E-state index < -0.39 is 16.6 Å². The van der Waals surface area contributed by atoms with Crippen LogP contribution >= 0.6 is 15.9 Å². The molecule has 2 aromatic rings. The quantitative estimate of drug-likeness (QED) is 0.667. The topological polar surface area (TPSA) is 55.2 Å². The summed E-state index contributed by atoms with van der Waals surface area (Å²) in [6.07, 6.45) is 0. The summed E-state index contributed by atoms with van der Waals surface area (Å²) in [6, 6.07) is 7.53. The summed E-state index contributed by atoms with van der Waals surface area (Å²) in [6.45, 7) is 0.0172. The van der Waals surface area contributed by atoms with Crippen molar-refractivity contribution in [1.82, 2.24) is 0 Å². The second kappa shape index (κ2) is 5.96. The van der Waals surface area contributed by atoms with Crippen LogP contribution in [0.3, 0.4) is 0 Å². The Morgan fingerprint density at radius 1 is 1.15 bits per heavy atom. The first-order valence-corrected chi connectivity index (χ1v) is 6.38. The number of benzene rings is 2. The molecule has 0 spiro atoms. The molecule has 0 heterocycles. The molecule has 0 saturated heterocycles. The van der Waals surface area contributed by atoms with Gasteiger partial charge in [-0.3, -0.25) is 10.1 Å². The highest BCUT2D eigenvalue weighted by Gasteiger charge is 2.11. The van der Waals surface area contributed by atoms with Crippen molar-refractivity contribution in [1.29, 1.82) is 0 Å². The highest BCUT2D eigenvalue weighted by atomic mass is 79.9. The van der Waals surface area contributed by atoms with Crippen molar-refractivity contribution in [3.8, 4) is 0 Å². The van der Waals surface area contributed by atoms with Crippen molar-refractivity contribution >= 4 is 27.3 Å². The molecule has 4 nitrogen and oxygen atoms in total. The van der Waals surface area contributed by atoms with E-state index in [-0.39, 0.29) is 17.9 Å².